The van der Waals surface area contributed by atoms with E-state index in [0.29, 0.717) is 24.0 Å². The van der Waals surface area contributed by atoms with Gasteiger partial charge in [0.05, 0.1) is 6.61 Å². The van der Waals surface area contributed by atoms with Gasteiger partial charge in [-0.1, -0.05) is 18.2 Å². The van der Waals surface area contributed by atoms with Gasteiger partial charge in [0.2, 0.25) is 0 Å². The number of carbonyl (C=O) groups excluding carboxylic acids is 2. The molecule has 0 aliphatic carbocycles. The molecule has 1 aliphatic heterocycles. The lowest BCUT2D eigenvalue weighted by molar-refractivity contribution is -0.143. The van der Waals surface area contributed by atoms with Crippen LogP contribution in [0.3, 0.4) is 0 Å². The summed E-state index contributed by atoms with van der Waals surface area (Å²) in [6, 6.07) is 7.72. The minimum atomic E-state index is -0.296. The molecule has 0 bridgehead atoms. The third kappa shape index (κ3) is 3.28. The van der Waals surface area contributed by atoms with Crippen molar-refractivity contribution in [2.24, 2.45) is 0 Å². The van der Waals surface area contributed by atoms with Crippen LogP contribution in [0.1, 0.15) is 19.4 Å². The number of carbonyl (C=O) groups is 2. The molecule has 1 fully saturated rings. The van der Waals surface area contributed by atoms with Crippen molar-refractivity contribution in [3.05, 3.63) is 41.7 Å². The van der Waals surface area contributed by atoms with Crippen LogP contribution >= 0.6 is 12.2 Å². The highest BCUT2D eigenvalue weighted by atomic mass is 32.1. The molecule has 0 radical (unpaired) electrons. The van der Waals surface area contributed by atoms with E-state index in [0.717, 1.165) is 16.5 Å². The van der Waals surface area contributed by atoms with Crippen molar-refractivity contribution < 1.29 is 14.3 Å². The third-order valence-electron chi connectivity index (χ3n) is 4.00. The van der Waals surface area contributed by atoms with Crippen LogP contribution in [0.25, 0.3) is 17.0 Å². The summed E-state index contributed by atoms with van der Waals surface area (Å²) in [7, 11) is 0. The van der Waals surface area contributed by atoms with Crippen molar-refractivity contribution in [3.8, 4) is 0 Å². The normalized spacial score (nSPS) is 15.9. The number of amides is 1. The minimum Gasteiger partial charge on any atom is -0.465 e. The van der Waals surface area contributed by atoms with Crippen molar-refractivity contribution in [1.29, 1.82) is 0 Å². The van der Waals surface area contributed by atoms with Crippen LogP contribution in [0.2, 0.25) is 0 Å². The number of aromatic nitrogens is 1. The Morgan fingerprint density at radius 1 is 1.32 bits per heavy atom. The van der Waals surface area contributed by atoms with Crippen molar-refractivity contribution in [3.63, 3.8) is 0 Å². The lowest BCUT2D eigenvalue weighted by Gasteiger charge is -2.08. The summed E-state index contributed by atoms with van der Waals surface area (Å²) >= 11 is 5.18. The lowest BCUT2D eigenvalue weighted by Crippen LogP contribution is -2.30. The van der Waals surface area contributed by atoms with Crippen molar-refractivity contribution in [1.82, 2.24) is 14.8 Å². The zero-order valence-corrected chi connectivity index (χ0v) is 14.9. The molecule has 1 saturated heterocycles. The number of hydrogen-bond acceptors (Lipinski definition) is 4. The van der Waals surface area contributed by atoms with Crippen LogP contribution in [0.15, 0.2) is 36.2 Å². The Hall–Kier alpha value is -2.67. The first-order chi connectivity index (χ1) is 12.0. The Balaban J connectivity index is 2.00. The second-order valence-electron chi connectivity index (χ2n) is 5.57. The molecule has 0 atom stereocenters. The first kappa shape index (κ1) is 17.2. The molecule has 2 aromatic rings. The molecule has 7 heteroatoms. The van der Waals surface area contributed by atoms with Gasteiger partial charge in [0, 0.05) is 29.2 Å². The fourth-order valence-electron chi connectivity index (χ4n) is 2.88. The molecule has 0 unspecified atom stereocenters. The van der Waals surface area contributed by atoms with E-state index in [2.05, 4.69) is 5.32 Å². The topological polar surface area (TPSA) is 63.6 Å². The number of ether oxygens (including phenoxy) is 1. The van der Waals surface area contributed by atoms with E-state index >= 15 is 0 Å². The number of nitrogens with one attached hydrogen (secondary N) is 1. The first-order valence-electron chi connectivity index (χ1n) is 8.13. The van der Waals surface area contributed by atoms with Gasteiger partial charge in [0.15, 0.2) is 5.11 Å². The summed E-state index contributed by atoms with van der Waals surface area (Å²) in [6.45, 7) is 4.64. The summed E-state index contributed by atoms with van der Waals surface area (Å²) in [5.41, 5.74) is 2.19. The monoisotopic (exact) mass is 357 g/mol. The largest absolute Gasteiger partial charge is 0.465 e. The Morgan fingerprint density at radius 3 is 2.76 bits per heavy atom. The SMILES string of the molecule is CCOC(=O)Cn1cc(C=C2NC(=S)N(CC)C2=O)c2ccccc21. The number of hydrogen-bond donors (Lipinski definition) is 1. The molecule has 25 heavy (non-hydrogen) atoms. The smallest absolute Gasteiger partial charge is 0.325 e. The average Bonchev–Trinajstić information content (AvgIpc) is 3.06. The molecule has 0 spiro atoms. The molecule has 0 saturated carbocycles. The average molecular weight is 357 g/mol. The van der Waals surface area contributed by atoms with Crippen LogP contribution in [-0.2, 0) is 20.9 Å². The van der Waals surface area contributed by atoms with E-state index in [1.54, 1.807) is 13.0 Å². The molecule has 1 N–H and O–H groups in total. The molecule has 2 heterocycles. The highest BCUT2D eigenvalue weighted by Crippen LogP contribution is 2.24. The van der Waals surface area contributed by atoms with Gasteiger partial charge in [-0.25, -0.2) is 0 Å². The van der Waals surface area contributed by atoms with Gasteiger partial charge in [-0.3, -0.25) is 14.5 Å². The Kier molecular flexibility index (Phi) is 4.85. The Labute approximate surface area is 151 Å². The van der Waals surface area contributed by atoms with E-state index in [9.17, 15) is 9.59 Å². The number of nitrogens with zero attached hydrogens (tertiary/aromatic N) is 2. The van der Waals surface area contributed by atoms with Crippen molar-refractivity contribution in [2.45, 2.75) is 20.4 Å². The minimum absolute atomic E-state index is 0.123. The second kappa shape index (κ2) is 7.06. The molecular weight excluding hydrogens is 338 g/mol. The van der Waals surface area contributed by atoms with Crippen LogP contribution in [0.5, 0.6) is 0 Å². The number of likely N-dealkylation sites (N-methyl/N-ethyl adjacent to an activating group) is 1. The van der Waals surface area contributed by atoms with Crippen LogP contribution in [0.4, 0.5) is 0 Å². The van der Waals surface area contributed by atoms with Crippen molar-refractivity contribution >= 4 is 46.2 Å². The van der Waals surface area contributed by atoms with Gasteiger partial charge < -0.3 is 14.6 Å². The van der Waals surface area contributed by atoms with E-state index in [1.165, 1.54) is 4.90 Å². The summed E-state index contributed by atoms with van der Waals surface area (Å²) in [5.74, 6) is -0.439. The molecule has 1 aromatic heterocycles. The molecule has 1 amide bonds. The van der Waals surface area contributed by atoms with Crippen LogP contribution in [0, 0.1) is 0 Å². The molecule has 6 nitrogen and oxygen atoms in total. The number of fused-ring (bicyclic) bond motifs is 1. The maximum atomic E-state index is 12.4. The molecule has 3 rings (SSSR count). The predicted molar refractivity (Wildman–Crippen MR) is 99.7 cm³/mol. The van der Waals surface area contributed by atoms with E-state index in [1.807, 2.05) is 42.0 Å². The Bertz CT molecular complexity index is 885. The number of esters is 1. The standard InChI is InChI=1S/C18H19N3O3S/c1-3-21-17(23)14(19-18(21)25)9-12-10-20(11-16(22)24-4-2)15-8-6-5-7-13(12)15/h5-10H,3-4,11H2,1-2H3,(H,19,25). The maximum absolute atomic E-state index is 12.4. The van der Waals surface area contributed by atoms with Gasteiger partial charge in [0.25, 0.3) is 5.91 Å². The first-order valence-corrected chi connectivity index (χ1v) is 8.54. The van der Waals surface area contributed by atoms with Crippen LogP contribution < -0.4 is 5.32 Å². The summed E-state index contributed by atoms with van der Waals surface area (Å²) in [6.07, 6.45) is 3.62. The van der Waals surface area contributed by atoms with Gasteiger partial charge >= 0.3 is 5.97 Å². The fraction of sp³-hybridized carbons (Fsp3) is 0.278. The number of rotatable bonds is 5. The number of para-hydroxylation sites is 1. The maximum Gasteiger partial charge on any atom is 0.325 e. The summed E-state index contributed by atoms with van der Waals surface area (Å²) in [5, 5.41) is 4.32. The molecule has 130 valence electrons. The second-order valence-corrected chi connectivity index (χ2v) is 5.96. The van der Waals surface area contributed by atoms with Gasteiger partial charge in [0.1, 0.15) is 12.2 Å². The van der Waals surface area contributed by atoms with Gasteiger partial charge in [-0.15, -0.1) is 0 Å². The van der Waals surface area contributed by atoms with E-state index in [-0.39, 0.29) is 18.4 Å². The number of thiocarbonyl (C=S) groups is 1. The predicted octanol–water partition coefficient (Wildman–Crippen LogP) is 2.28. The lowest BCUT2D eigenvalue weighted by atomic mass is 10.1. The van der Waals surface area contributed by atoms with E-state index < -0.39 is 0 Å². The van der Waals surface area contributed by atoms with E-state index in [4.69, 9.17) is 17.0 Å². The summed E-state index contributed by atoms with van der Waals surface area (Å²) < 4.78 is 6.86. The Morgan fingerprint density at radius 2 is 2.08 bits per heavy atom. The summed E-state index contributed by atoms with van der Waals surface area (Å²) in [4.78, 5) is 25.7. The van der Waals surface area contributed by atoms with Gasteiger partial charge in [-0.05, 0) is 38.2 Å². The zero-order chi connectivity index (χ0) is 18.0. The van der Waals surface area contributed by atoms with Gasteiger partial charge in [-0.2, -0.15) is 0 Å². The molecule has 1 aliphatic rings. The third-order valence-corrected chi connectivity index (χ3v) is 4.33. The highest BCUT2D eigenvalue weighted by molar-refractivity contribution is 7.80. The molecular formula is C18H19N3O3S. The zero-order valence-electron chi connectivity index (χ0n) is 14.1. The highest BCUT2D eigenvalue weighted by Gasteiger charge is 2.29. The van der Waals surface area contributed by atoms with Crippen molar-refractivity contribution in [2.75, 3.05) is 13.2 Å². The quantitative estimate of drug-likeness (QED) is 0.505. The molecule has 1 aromatic carbocycles. The van der Waals surface area contributed by atoms with Crippen LogP contribution in [-0.4, -0.2) is 39.6 Å². The number of benzene rings is 1. The fourth-order valence-corrected chi connectivity index (χ4v) is 3.20.